The van der Waals surface area contributed by atoms with Crippen LogP contribution in [0.2, 0.25) is 0 Å². The van der Waals surface area contributed by atoms with Gasteiger partial charge in [-0.2, -0.15) is 5.10 Å². The molecule has 0 bridgehead atoms. The number of aromatic nitrogens is 2. The van der Waals surface area contributed by atoms with Crippen molar-refractivity contribution in [1.82, 2.24) is 14.7 Å². The molecule has 9 heteroatoms. The predicted octanol–water partition coefficient (Wildman–Crippen LogP) is 3.45. The van der Waals surface area contributed by atoms with E-state index in [2.05, 4.69) is 10.4 Å². The summed E-state index contributed by atoms with van der Waals surface area (Å²) in [6.45, 7) is 2.63. The maximum absolute atomic E-state index is 13.3. The molecule has 3 rings (SSSR count). The van der Waals surface area contributed by atoms with Crippen LogP contribution in [0.15, 0.2) is 35.8 Å². The first-order valence-electron chi connectivity index (χ1n) is 9.21. The topological polar surface area (TPSA) is 76.5 Å². The lowest BCUT2D eigenvalue weighted by atomic mass is 10.0. The molecule has 2 aromatic heterocycles. The van der Waals surface area contributed by atoms with E-state index in [1.807, 2.05) is 32.1 Å². The van der Waals surface area contributed by atoms with E-state index >= 15 is 0 Å². The van der Waals surface area contributed by atoms with Crippen LogP contribution in [-0.4, -0.2) is 47.3 Å². The van der Waals surface area contributed by atoms with Crippen molar-refractivity contribution < 1.29 is 18.7 Å². The molecule has 2 heterocycles. The number of hydrogen-bond acceptors (Lipinski definition) is 6. The Morgan fingerprint density at radius 2 is 2.00 bits per heavy atom. The van der Waals surface area contributed by atoms with Crippen molar-refractivity contribution in [3.63, 3.8) is 0 Å². The van der Waals surface area contributed by atoms with Crippen LogP contribution in [0.5, 0.6) is 0 Å². The fraction of sp³-hybridized carbons (Fsp3) is 0.286. The molecule has 3 aromatic rings. The number of rotatable bonds is 7. The van der Waals surface area contributed by atoms with Crippen molar-refractivity contribution in [2.45, 2.75) is 13.5 Å². The number of carbonyl (C=O) groups is 2. The highest BCUT2D eigenvalue weighted by Gasteiger charge is 2.23. The lowest BCUT2D eigenvalue weighted by Crippen LogP contribution is -2.30. The second-order valence-electron chi connectivity index (χ2n) is 6.99. The van der Waals surface area contributed by atoms with Crippen LogP contribution >= 0.6 is 11.3 Å². The second kappa shape index (κ2) is 9.19. The van der Waals surface area contributed by atoms with Crippen molar-refractivity contribution in [2.75, 3.05) is 26.0 Å². The number of benzene rings is 1. The first-order chi connectivity index (χ1) is 14.3. The van der Waals surface area contributed by atoms with Gasteiger partial charge < -0.3 is 10.1 Å². The number of thiophene rings is 1. The number of ether oxygens (including phenoxy) is 1. The second-order valence-corrected chi connectivity index (χ2v) is 7.87. The van der Waals surface area contributed by atoms with Gasteiger partial charge in [0.25, 0.3) is 0 Å². The Morgan fingerprint density at radius 1 is 1.30 bits per heavy atom. The Hall–Kier alpha value is -3.04. The molecule has 1 N–H and O–H groups in total. The number of amides is 1. The molecule has 0 aliphatic heterocycles. The van der Waals surface area contributed by atoms with Gasteiger partial charge in [0, 0.05) is 36.3 Å². The maximum atomic E-state index is 13.3. The fourth-order valence-corrected chi connectivity index (χ4v) is 4.13. The summed E-state index contributed by atoms with van der Waals surface area (Å²) in [7, 11) is 4.97. The van der Waals surface area contributed by atoms with E-state index in [4.69, 9.17) is 4.74 Å². The molecular weight excluding hydrogens is 407 g/mol. The molecule has 30 heavy (non-hydrogen) atoms. The molecule has 0 fully saturated rings. The van der Waals surface area contributed by atoms with Crippen LogP contribution in [0.1, 0.15) is 21.6 Å². The normalized spacial score (nSPS) is 11.0. The van der Waals surface area contributed by atoms with Gasteiger partial charge in [0.15, 0.2) is 0 Å². The van der Waals surface area contributed by atoms with Crippen molar-refractivity contribution in [2.24, 2.45) is 7.05 Å². The summed E-state index contributed by atoms with van der Waals surface area (Å²) >= 11 is 1.23. The molecule has 0 radical (unpaired) electrons. The number of likely N-dealkylation sites (N-methyl/N-ethyl adjacent to an activating group) is 1. The third kappa shape index (κ3) is 4.92. The monoisotopic (exact) mass is 430 g/mol. The van der Waals surface area contributed by atoms with Gasteiger partial charge in [0.1, 0.15) is 16.4 Å². The van der Waals surface area contributed by atoms with E-state index in [1.54, 1.807) is 22.2 Å². The minimum absolute atomic E-state index is 0.138. The summed E-state index contributed by atoms with van der Waals surface area (Å²) in [4.78, 5) is 26.8. The van der Waals surface area contributed by atoms with Gasteiger partial charge in [-0.1, -0.05) is 12.1 Å². The van der Waals surface area contributed by atoms with E-state index in [-0.39, 0.29) is 23.8 Å². The van der Waals surface area contributed by atoms with Crippen molar-refractivity contribution >= 4 is 28.2 Å². The van der Waals surface area contributed by atoms with Crippen LogP contribution in [0.4, 0.5) is 9.39 Å². The molecule has 7 nitrogen and oxygen atoms in total. The molecule has 0 unspecified atom stereocenters. The Morgan fingerprint density at radius 3 is 2.60 bits per heavy atom. The van der Waals surface area contributed by atoms with Crippen molar-refractivity contribution in [3.05, 3.63) is 58.5 Å². The highest BCUT2D eigenvalue weighted by Crippen LogP contribution is 2.36. The largest absolute Gasteiger partial charge is 0.465 e. The van der Waals surface area contributed by atoms with Crippen molar-refractivity contribution in [1.29, 1.82) is 0 Å². The number of methoxy groups -OCH3 is 1. The molecule has 0 saturated carbocycles. The van der Waals surface area contributed by atoms with Crippen molar-refractivity contribution in [3.8, 4) is 11.1 Å². The first kappa shape index (κ1) is 21.7. The smallest absolute Gasteiger partial charge is 0.341 e. The molecular formula is C21H23FN4O3S. The number of aryl methyl sites for hydroxylation is 2. The molecule has 0 saturated heterocycles. The Bertz CT molecular complexity index is 1060. The molecule has 0 atom stereocenters. The quantitative estimate of drug-likeness (QED) is 0.581. The number of halogens is 1. The van der Waals surface area contributed by atoms with E-state index in [0.717, 1.165) is 11.3 Å². The van der Waals surface area contributed by atoms with E-state index in [0.29, 0.717) is 22.7 Å². The number of carbonyl (C=O) groups excluding carboxylic acids is 2. The summed E-state index contributed by atoms with van der Waals surface area (Å²) < 4.78 is 19.9. The maximum Gasteiger partial charge on any atom is 0.341 e. The van der Waals surface area contributed by atoms with E-state index in [9.17, 15) is 14.0 Å². The third-order valence-corrected chi connectivity index (χ3v) is 5.45. The van der Waals surface area contributed by atoms with Gasteiger partial charge >= 0.3 is 5.97 Å². The number of hydrogen-bond donors (Lipinski definition) is 1. The Balaban J connectivity index is 1.75. The summed E-state index contributed by atoms with van der Waals surface area (Å²) in [5, 5.41) is 9.26. The number of nitrogens with one attached hydrogen (secondary N) is 1. The minimum Gasteiger partial charge on any atom is -0.465 e. The zero-order valence-electron chi connectivity index (χ0n) is 17.2. The average molecular weight is 431 g/mol. The molecule has 158 valence electrons. The van der Waals surface area contributed by atoms with Crippen LogP contribution in [0, 0.1) is 12.7 Å². The van der Waals surface area contributed by atoms with Crippen LogP contribution in [0.3, 0.4) is 0 Å². The molecule has 1 amide bonds. The summed E-state index contributed by atoms with van der Waals surface area (Å²) in [6.07, 6.45) is 1.92. The van der Waals surface area contributed by atoms with Crippen LogP contribution < -0.4 is 5.32 Å². The molecule has 1 aromatic carbocycles. The lowest BCUT2D eigenvalue weighted by Gasteiger charge is -2.16. The zero-order chi connectivity index (χ0) is 21.8. The molecule has 0 spiro atoms. The van der Waals surface area contributed by atoms with Gasteiger partial charge in [-0.15, -0.1) is 11.3 Å². The van der Waals surface area contributed by atoms with Gasteiger partial charge in [-0.25, -0.2) is 9.18 Å². The zero-order valence-corrected chi connectivity index (χ0v) is 18.0. The molecule has 0 aliphatic carbocycles. The van der Waals surface area contributed by atoms with Gasteiger partial charge in [0.2, 0.25) is 5.91 Å². The first-order valence-corrected chi connectivity index (χ1v) is 10.1. The van der Waals surface area contributed by atoms with E-state index in [1.165, 1.54) is 30.6 Å². The Kier molecular flexibility index (Phi) is 6.63. The third-order valence-electron chi connectivity index (χ3n) is 4.56. The summed E-state index contributed by atoms with van der Waals surface area (Å²) in [5.74, 6) is -1.18. The fourth-order valence-electron chi connectivity index (χ4n) is 3.16. The predicted molar refractivity (Wildman–Crippen MR) is 114 cm³/mol. The Labute approximate surface area is 178 Å². The summed E-state index contributed by atoms with van der Waals surface area (Å²) in [5.41, 5.74) is 3.46. The highest BCUT2D eigenvalue weighted by molar-refractivity contribution is 7.15. The van der Waals surface area contributed by atoms with Gasteiger partial charge in [-0.3, -0.25) is 14.4 Å². The SMILES string of the molecule is COC(=O)c1c(-c2ccc(F)cc2)csc1NC(=O)CN(C)Cc1cn(C)nc1C. The van der Waals surface area contributed by atoms with Gasteiger partial charge in [-0.05, 0) is 31.7 Å². The number of nitrogens with zero attached hydrogens (tertiary/aromatic N) is 3. The van der Waals surface area contributed by atoms with E-state index < -0.39 is 5.97 Å². The van der Waals surface area contributed by atoms with Gasteiger partial charge in [0.05, 0.1) is 19.3 Å². The highest BCUT2D eigenvalue weighted by atomic mass is 32.1. The lowest BCUT2D eigenvalue weighted by molar-refractivity contribution is -0.117. The number of esters is 1. The van der Waals surface area contributed by atoms with Crippen LogP contribution in [-0.2, 0) is 23.1 Å². The molecule has 0 aliphatic rings. The standard InChI is InChI=1S/C21H23FN4O3S/c1-13-15(10-26(3)24-13)9-25(2)11-18(27)23-20-19(21(28)29-4)17(12-30-20)14-5-7-16(22)8-6-14/h5-8,10,12H,9,11H2,1-4H3,(H,23,27). The number of anilines is 1. The van der Waals surface area contributed by atoms with Crippen LogP contribution in [0.25, 0.3) is 11.1 Å². The minimum atomic E-state index is -0.565. The average Bonchev–Trinajstić information content (AvgIpc) is 3.24. The summed E-state index contributed by atoms with van der Waals surface area (Å²) in [6, 6.07) is 5.81.